The van der Waals surface area contributed by atoms with Gasteiger partial charge < -0.3 is 4.42 Å². The van der Waals surface area contributed by atoms with Crippen LogP contribution in [0.3, 0.4) is 0 Å². The molecule has 0 spiro atoms. The van der Waals surface area contributed by atoms with Crippen LogP contribution in [0.4, 0.5) is 0 Å². The molecule has 0 bridgehead atoms. The first-order valence-electron chi connectivity index (χ1n) is 13.2. The summed E-state index contributed by atoms with van der Waals surface area (Å²) >= 11 is 1.82. The lowest BCUT2D eigenvalue weighted by molar-refractivity contribution is 0.670. The molecule has 3 heteroatoms. The van der Waals surface area contributed by atoms with E-state index in [1.165, 1.54) is 20.2 Å². The van der Waals surface area contributed by atoms with E-state index in [2.05, 4.69) is 97.1 Å². The molecule has 0 aliphatic heterocycles. The summed E-state index contributed by atoms with van der Waals surface area (Å²) in [7, 11) is 0. The summed E-state index contributed by atoms with van der Waals surface area (Å²) < 4.78 is 8.96. The van der Waals surface area contributed by atoms with Crippen molar-refractivity contribution in [2.24, 2.45) is 0 Å². The summed E-state index contributed by atoms with van der Waals surface area (Å²) in [6.45, 7) is 0. The first kappa shape index (κ1) is 22.8. The maximum atomic E-state index is 10.6. The smallest absolute Gasteiger partial charge is 0.143 e. The van der Waals surface area contributed by atoms with Crippen molar-refractivity contribution in [2.75, 3.05) is 0 Å². The lowest BCUT2D eigenvalue weighted by Crippen LogP contribution is -1.93. The van der Waals surface area contributed by atoms with E-state index in [9.17, 15) is 5.26 Å². The maximum Gasteiger partial charge on any atom is 0.143 e. The molecule has 0 N–H and O–H groups in total. The molecule has 8 aromatic rings. The Balaban J connectivity index is 1.50. The van der Waals surface area contributed by atoms with Crippen LogP contribution >= 0.6 is 11.3 Å². The van der Waals surface area contributed by atoms with Crippen molar-refractivity contribution in [3.63, 3.8) is 0 Å². The normalized spacial score (nSPS) is 11.5. The van der Waals surface area contributed by atoms with Gasteiger partial charge in [0.05, 0.1) is 5.56 Å². The Morgan fingerprint density at radius 1 is 0.525 bits per heavy atom. The topological polar surface area (TPSA) is 36.9 Å². The van der Waals surface area contributed by atoms with E-state index in [1.54, 1.807) is 0 Å². The second kappa shape index (κ2) is 8.95. The Morgan fingerprint density at radius 2 is 1.20 bits per heavy atom. The SMILES string of the molecule is N#Cc1c(-c2ccccc2)cc(-c2cccc3sc4ccccc4c23)cc1-c1cccc2c1oc1ccccc12. The van der Waals surface area contributed by atoms with Crippen LogP contribution in [-0.2, 0) is 0 Å². The van der Waals surface area contributed by atoms with Gasteiger partial charge in [0.1, 0.15) is 17.2 Å². The second-order valence-electron chi connectivity index (χ2n) is 9.98. The highest BCUT2D eigenvalue weighted by Gasteiger charge is 2.20. The van der Waals surface area contributed by atoms with Crippen LogP contribution in [0.2, 0.25) is 0 Å². The Morgan fingerprint density at radius 3 is 2.08 bits per heavy atom. The minimum absolute atomic E-state index is 0.644. The molecule has 2 heterocycles. The summed E-state index contributed by atoms with van der Waals surface area (Å²) in [4.78, 5) is 0. The first-order valence-corrected chi connectivity index (χ1v) is 14.1. The third kappa shape index (κ3) is 3.41. The van der Waals surface area contributed by atoms with Gasteiger partial charge in [0.25, 0.3) is 0 Å². The van der Waals surface area contributed by atoms with Gasteiger partial charge in [0.2, 0.25) is 0 Å². The molecule has 0 aliphatic rings. The largest absolute Gasteiger partial charge is 0.455 e. The molecule has 0 atom stereocenters. The van der Waals surface area contributed by atoms with Crippen LogP contribution < -0.4 is 0 Å². The van der Waals surface area contributed by atoms with Gasteiger partial charge in [0.15, 0.2) is 0 Å². The molecule has 186 valence electrons. The zero-order chi connectivity index (χ0) is 26.6. The number of benzene rings is 6. The number of fused-ring (bicyclic) bond motifs is 6. The van der Waals surface area contributed by atoms with Gasteiger partial charge in [-0.1, -0.05) is 97.1 Å². The van der Waals surface area contributed by atoms with Crippen molar-refractivity contribution in [1.29, 1.82) is 5.26 Å². The molecule has 0 radical (unpaired) electrons. The third-order valence-corrected chi connectivity index (χ3v) is 8.88. The summed E-state index contributed by atoms with van der Waals surface area (Å²) in [5.41, 5.74) is 8.26. The van der Waals surface area contributed by atoms with Gasteiger partial charge in [0, 0.05) is 47.6 Å². The molecule has 0 fully saturated rings. The van der Waals surface area contributed by atoms with Gasteiger partial charge in [-0.25, -0.2) is 0 Å². The van der Waals surface area contributed by atoms with Crippen LogP contribution in [0.1, 0.15) is 5.56 Å². The number of para-hydroxylation sites is 2. The number of furan rings is 1. The molecule has 0 unspecified atom stereocenters. The van der Waals surface area contributed by atoms with Crippen molar-refractivity contribution in [3.05, 3.63) is 133 Å². The van der Waals surface area contributed by atoms with Crippen LogP contribution in [0, 0.1) is 11.3 Å². The minimum atomic E-state index is 0.644. The third-order valence-electron chi connectivity index (χ3n) is 7.74. The average molecular weight is 528 g/mol. The highest BCUT2D eigenvalue weighted by Crippen LogP contribution is 2.45. The highest BCUT2D eigenvalue weighted by atomic mass is 32.1. The number of hydrogen-bond donors (Lipinski definition) is 0. The molecule has 2 nitrogen and oxygen atoms in total. The van der Waals surface area contributed by atoms with Gasteiger partial charge >= 0.3 is 0 Å². The quantitative estimate of drug-likeness (QED) is 0.229. The van der Waals surface area contributed by atoms with E-state index in [1.807, 2.05) is 47.7 Å². The zero-order valence-electron chi connectivity index (χ0n) is 21.4. The molecule has 8 rings (SSSR count). The van der Waals surface area contributed by atoms with Crippen molar-refractivity contribution >= 4 is 53.4 Å². The van der Waals surface area contributed by atoms with Crippen LogP contribution in [-0.4, -0.2) is 0 Å². The molecule has 40 heavy (non-hydrogen) atoms. The summed E-state index contributed by atoms with van der Waals surface area (Å²) in [5.74, 6) is 0. The number of hydrogen-bond acceptors (Lipinski definition) is 3. The fraction of sp³-hybridized carbons (Fsp3) is 0. The molecular weight excluding hydrogens is 506 g/mol. The number of rotatable bonds is 3. The molecule has 0 aliphatic carbocycles. The van der Waals surface area contributed by atoms with Gasteiger partial charge in [-0.2, -0.15) is 5.26 Å². The van der Waals surface area contributed by atoms with Gasteiger partial charge in [-0.05, 0) is 47.0 Å². The molecule has 0 saturated heterocycles. The minimum Gasteiger partial charge on any atom is -0.455 e. The van der Waals surface area contributed by atoms with Crippen molar-refractivity contribution in [2.45, 2.75) is 0 Å². The first-order chi connectivity index (χ1) is 19.8. The molecule has 0 saturated carbocycles. The number of nitrogens with zero attached hydrogens (tertiary/aromatic N) is 1. The van der Waals surface area contributed by atoms with E-state index in [0.717, 1.165) is 55.3 Å². The lowest BCUT2D eigenvalue weighted by atomic mass is 9.87. The second-order valence-corrected chi connectivity index (χ2v) is 11.1. The van der Waals surface area contributed by atoms with Crippen LogP contribution in [0.25, 0.3) is 75.5 Å². The lowest BCUT2D eigenvalue weighted by Gasteiger charge is -2.15. The monoisotopic (exact) mass is 527 g/mol. The maximum absolute atomic E-state index is 10.6. The average Bonchev–Trinajstić information content (AvgIpc) is 3.59. The Bertz CT molecular complexity index is 2280. The zero-order valence-corrected chi connectivity index (χ0v) is 22.2. The Kier molecular flexibility index (Phi) is 5.10. The predicted octanol–water partition coefficient (Wildman–Crippen LogP) is 10.8. The van der Waals surface area contributed by atoms with Crippen molar-refractivity contribution < 1.29 is 4.42 Å². The van der Waals surface area contributed by atoms with E-state index in [0.29, 0.717) is 5.56 Å². The molecule has 6 aromatic carbocycles. The van der Waals surface area contributed by atoms with Crippen molar-refractivity contribution in [1.82, 2.24) is 0 Å². The highest BCUT2D eigenvalue weighted by molar-refractivity contribution is 7.25. The number of thiophene rings is 1. The van der Waals surface area contributed by atoms with Gasteiger partial charge in [-0.3, -0.25) is 0 Å². The van der Waals surface area contributed by atoms with Crippen LogP contribution in [0.5, 0.6) is 0 Å². The standard InChI is InChI=1S/C37H21NOS/c38-22-32-30(23-10-2-1-3-11-23)20-24(25-14-9-19-35-36(25)29-13-5-7-18-34(29)40-35)21-31(32)28-16-8-15-27-26-12-4-6-17-33(26)39-37(27)28/h1-21H. The van der Waals surface area contributed by atoms with Crippen molar-refractivity contribution in [3.8, 4) is 39.4 Å². The van der Waals surface area contributed by atoms with E-state index in [-0.39, 0.29) is 0 Å². The summed E-state index contributed by atoms with van der Waals surface area (Å²) in [6, 6.07) is 46.6. The fourth-order valence-corrected chi connectivity index (χ4v) is 7.08. The van der Waals surface area contributed by atoms with Crippen LogP contribution in [0.15, 0.2) is 132 Å². The van der Waals surface area contributed by atoms with Gasteiger partial charge in [-0.15, -0.1) is 11.3 Å². The van der Waals surface area contributed by atoms with E-state index in [4.69, 9.17) is 4.42 Å². The summed E-state index contributed by atoms with van der Waals surface area (Å²) in [5, 5.41) is 15.2. The molecule has 0 amide bonds. The fourth-order valence-electron chi connectivity index (χ4n) is 5.95. The van der Waals surface area contributed by atoms with E-state index >= 15 is 0 Å². The molecule has 2 aromatic heterocycles. The summed E-state index contributed by atoms with van der Waals surface area (Å²) in [6.07, 6.45) is 0. The molecular formula is C37H21NOS. The predicted molar refractivity (Wildman–Crippen MR) is 168 cm³/mol. The Labute approximate surface area is 235 Å². The number of nitriles is 1. The van der Waals surface area contributed by atoms with E-state index < -0.39 is 0 Å². The Hall–Kier alpha value is -5.17.